The van der Waals surface area contributed by atoms with Crippen molar-refractivity contribution in [3.8, 4) is 0 Å². The van der Waals surface area contributed by atoms with Crippen molar-refractivity contribution >= 4 is 6.21 Å². The van der Waals surface area contributed by atoms with Crippen LogP contribution in [0.15, 0.2) is 30.3 Å². The lowest BCUT2D eigenvalue weighted by Crippen LogP contribution is -3.00. The average molecular weight is 340 g/mol. The van der Waals surface area contributed by atoms with Crippen molar-refractivity contribution in [3.63, 3.8) is 0 Å². The molecule has 0 amide bonds. The summed E-state index contributed by atoms with van der Waals surface area (Å²) in [5.41, 5.74) is 1.65. The quantitative estimate of drug-likeness (QED) is 0.696. The van der Waals surface area contributed by atoms with E-state index < -0.39 is 0 Å². The Bertz CT molecular complexity index is 428. The zero-order chi connectivity index (χ0) is 13.7. The SMILES string of the molecule is CCOC1C[N+](CCc2ccccc2)=CC(C)(C)C1.[Br-]. The number of benzene rings is 1. The minimum atomic E-state index is 0. The zero-order valence-electron chi connectivity index (χ0n) is 12.8. The van der Waals surface area contributed by atoms with Gasteiger partial charge in [0.25, 0.3) is 0 Å². The van der Waals surface area contributed by atoms with E-state index in [-0.39, 0.29) is 22.4 Å². The summed E-state index contributed by atoms with van der Waals surface area (Å²) >= 11 is 0. The molecular weight excluding hydrogens is 314 g/mol. The summed E-state index contributed by atoms with van der Waals surface area (Å²) in [5.74, 6) is 0. The number of ether oxygens (including phenoxy) is 1. The van der Waals surface area contributed by atoms with E-state index in [1.807, 2.05) is 0 Å². The molecule has 3 heteroatoms. The molecule has 0 aliphatic carbocycles. The van der Waals surface area contributed by atoms with Crippen molar-refractivity contribution in [3.05, 3.63) is 35.9 Å². The fourth-order valence-electron chi connectivity index (χ4n) is 2.93. The molecule has 112 valence electrons. The molecule has 0 N–H and O–H groups in total. The van der Waals surface area contributed by atoms with Crippen molar-refractivity contribution in [2.24, 2.45) is 5.41 Å². The minimum absolute atomic E-state index is 0. The molecule has 1 aromatic carbocycles. The number of hydrogen-bond acceptors (Lipinski definition) is 1. The summed E-state index contributed by atoms with van der Waals surface area (Å²) in [5, 5.41) is 0. The van der Waals surface area contributed by atoms with Gasteiger partial charge >= 0.3 is 0 Å². The second kappa shape index (κ2) is 7.94. The van der Waals surface area contributed by atoms with E-state index in [1.54, 1.807) is 0 Å². The molecule has 0 bridgehead atoms. The lowest BCUT2D eigenvalue weighted by atomic mass is 9.85. The predicted molar refractivity (Wildman–Crippen MR) is 80.0 cm³/mol. The predicted octanol–water partition coefficient (Wildman–Crippen LogP) is 0.151. The van der Waals surface area contributed by atoms with Crippen LogP contribution in [0.3, 0.4) is 0 Å². The largest absolute Gasteiger partial charge is 1.00 e. The van der Waals surface area contributed by atoms with Crippen LogP contribution in [-0.2, 0) is 11.2 Å². The standard InChI is InChI=1S/C17H26NO.BrH/c1-4-19-16-12-17(2,3)14-18(13-16)11-10-15-8-6-5-7-9-15;/h5-9,14,16H,4,10-13H2,1-3H3;1H/q+1;/p-1. The fraction of sp³-hybridized carbons (Fsp3) is 0.588. The molecule has 0 radical (unpaired) electrons. The van der Waals surface area contributed by atoms with E-state index >= 15 is 0 Å². The van der Waals surface area contributed by atoms with Gasteiger partial charge in [-0.15, -0.1) is 0 Å². The molecule has 0 spiro atoms. The first kappa shape index (κ1) is 17.4. The second-order valence-electron chi connectivity index (χ2n) is 6.13. The first-order chi connectivity index (χ1) is 9.09. The average Bonchev–Trinajstić information content (AvgIpc) is 2.36. The van der Waals surface area contributed by atoms with Crippen molar-refractivity contribution in [2.75, 3.05) is 19.7 Å². The summed E-state index contributed by atoms with van der Waals surface area (Å²) in [6.07, 6.45) is 5.00. The highest BCUT2D eigenvalue weighted by atomic mass is 79.9. The Labute approximate surface area is 133 Å². The molecule has 2 rings (SSSR count). The topological polar surface area (TPSA) is 12.2 Å². The third kappa shape index (κ3) is 5.37. The third-order valence-electron chi connectivity index (χ3n) is 3.66. The van der Waals surface area contributed by atoms with Crippen LogP contribution in [0.25, 0.3) is 0 Å². The Morgan fingerprint density at radius 1 is 1.25 bits per heavy atom. The Morgan fingerprint density at radius 3 is 2.60 bits per heavy atom. The highest BCUT2D eigenvalue weighted by Crippen LogP contribution is 2.25. The molecule has 1 aromatic rings. The number of hydrogen-bond donors (Lipinski definition) is 0. The molecule has 0 aromatic heterocycles. The van der Waals surface area contributed by atoms with E-state index in [2.05, 4.69) is 61.9 Å². The maximum Gasteiger partial charge on any atom is 0.168 e. The van der Waals surface area contributed by atoms with Gasteiger partial charge in [0.2, 0.25) is 0 Å². The van der Waals surface area contributed by atoms with Gasteiger partial charge in [0.05, 0.1) is 0 Å². The summed E-state index contributed by atoms with van der Waals surface area (Å²) in [4.78, 5) is 0. The lowest BCUT2D eigenvalue weighted by Gasteiger charge is -2.29. The van der Waals surface area contributed by atoms with E-state index in [4.69, 9.17) is 4.74 Å². The van der Waals surface area contributed by atoms with Crippen LogP contribution in [0.2, 0.25) is 0 Å². The van der Waals surface area contributed by atoms with Gasteiger partial charge in [-0.2, -0.15) is 0 Å². The van der Waals surface area contributed by atoms with Gasteiger partial charge in [-0.25, -0.2) is 4.58 Å². The summed E-state index contributed by atoms with van der Waals surface area (Å²) < 4.78 is 8.28. The molecule has 1 aliphatic heterocycles. The van der Waals surface area contributed by atoms with Gasteiger partial charge < -0.3 is 21.7 Å². The van der Waals surface area contributed by atoms with E-state index in [0.717, 1.165) is 32.5 Å². The molecule has 0 saturated heterocycles. The Morgan fingerprint density at radius 2 is 1.95 bits per heavy atom. The van der Waals surface area contributed by atoms with Crippen LogP contribution < -0.4 is 17.0 Å². The number of nitrogens with zero attached hydrogens (tertiary/aromatic N) is 1. The molecule has 2 nitrogen and oxygen atoms in total. The highest BCUT2D eigenvalue weighted by molar-refractivity contribution is 5.60. The number of halogens is 1. The smallest absolute Gasteiger partial charge is 0.168 e. The Balaban J connectivity index is 0.00000200. The van der Waals surface area contributed by atoms with Crippen LogP contribution in [0.1, 0.15) is 32.8 Å². The molecular formula is C17H26BrNO. The molecule has 0 saturated carbocycles. The van der Waals surface area contributed by atoms with Crippen LogP contribution in [0.5, 0.6) is 0 Å². The molecule has 20 heavy (non-hydrogen) atoms. The van der Waals surface area contributed by atoms with Crippen molar-refractivity contribution in [1.29, 1.82) is 0 Å². The van der Waals surface area contributed by atoms with Gasteiger partial charge in [0.15, 0.2) is 6.54 Å². The summed E-state index contributed by atoms with van der Waals surface area (Å²) in [7, 11) is 0. The normalized spacial score (nSPS) is 20.9. The fourth-order valence-corrected chi connectivity index (χ4v) is 2.93. The van der Waals surface area contributed by atoms with Gasteiger partial charge in [-0.1, -0.05) is 44.2 Å². The van der Waals surface area contributed by atoms with E-state index in [9.17, 15) is 0 Å². The third-order valence-corrected chi connectivity index (χ3v) is 3.66. The Kier molecular flexibility index (Phi) is 6.90. The van der Waals surface area contributed by atoms with Gasteiger partial charge in [-0.05, 0) is 18.9 Å². The van der Waals surface area contributed by atoms with Crippen molar-refractivity contribution in [2.45, 2.75) is 39.7 Å². The molecule has 0 fully saturated rings. The van der Waals surface area contributed by atoms with Gasteiger partial charge in [0, 0.05) is 18.4 Å². The minimum Gasteiger partial charge on any atom is -1.00 e. The van der Waals surface area contributed by atoms with E-state index in [1.165, 1.54) is 5.56 Å². The zero-order valence-corrected chi connectivity index (χ0v) is 14.4. The first-order valence-corrected chi connectivity index (χ1v) is 7.35. The van der Waals surface area contributed by atoms with Crippen LogP contribution >= 0.6 is 0 Å². The van der Waals surface area contributed by atoms with Gasteiger partial charge in [0.1, 0.15) is 18.9 Å². The van der Waals surface area contributed by atoms with E-state index in [0.29, 0.717) is 6.10 Å². The Hall–Kier alpha value is -0.670. The maximum atomic E-state index is 5.84. The second-order valence-corrected chi connectivity index (χ2v) is 6.13. The lowest BCUT2D eigenvalue weighted by molar-refractivity contribution is -0.542. The van der Waals surface area contributed by atoms with Gasteiger partial charge in [-0.3, -0.25) is 0 Å². The number of rotatable bonds is 5. The monoisotopic (exact) mass is 339 g/mol. The van der Waals surface area contributed by atoms with Crippen LogP contribution in [-0.4, -0.2) is 36.6 Å². The summed E-state index contributed by atoms with van der Waals surface area (Å²) in [6, 6.07) is 10.7. The van der Waals surface area contributed by atoms with Crippen LogP contribution in [0.4, 0.5) is 0 Å². The highest BCUT2D eigenvalue weighted by Gasteiger charge is 2.33. The van der Waals surface area contributed by atoms with Crippen LogP contribution in [0, 0.1) is 5.41 Å². The van der Waals surface area contributed by atoms with Crippen molar-refractivity contribution in [1.82, 2.24) is 0 Å². The van der Waals surface area contributed by atoms with Crippen molar-refractivity contribution < 1.29 is 26.3 Å². The molecule has 1 heterocycles. The molecule has 1 atom stereocenters. The molecule has 1 unspecified atom stereocenters. The molecule has 1 aliphatic rings. The summed E-state index contributed by atoms with van der Waals surface area (Å²) in [6.45, 7) is 9.61. The maximum absolute atomic E-state index is 5.84. The first-order valence-electron chi connectivity index (χ1n) is 7.35.